The molecule has 22 nitrogen and oxygen atoms in total. The number of morpholine rings is 1. The van der Waals surface area contributed by atoms with Crippen LogP contribution < -0.4 is 20.1 Å². The summed E-state index contributed by atoms with van der Waals surface area (Å²) < 4.78 is 25.2. The number of hydrogen-bond donors (Lipinski definition) is 4. The fourth-order valence-corrected chi connectivity index (χ4v) is 8.16. The molecule has 9 rings (SSSR count). The van der Waals surface area contributed by atoms with Crippen molar-refractivity contribution >= 4 is 45.8 Å². The minimum absolute atomic E-state index is 0.264. The van der Waals surface area contributed by atoms with E-state index in [0.717, 1.165) is 56.2 Å². The molecule has 2 aromatic carbocycles. The Kier molecular flexibility index (Phi) is 12.6. The van der Waals surface area contributed by atoms with Crippen LogP contribution in [0, 0.1) is 13.8 Å². The summed E-state index contributed by atoms with van der Waals surface area (Å²) in [6.07, 6.45) is 7.58. The van der Waals surface area contributed by atoms with Crippen LogP contribution in [0.1, 0.15) is 52.6 Å². The second-order valence-electron chi connectivity index (χ2n) is 15.7. The van der Waals surface area contributed by atoms with Gasteiger partial charge in [0.2, 0.25) is 11.9 Å². The van der Waals surface area contributed by atoms with Gasteiger partial charge in [0.15, 0.2) is 11.6 Å². The van der Waals surface area contributed by atoms with Crippen LogP contribution in [0.3, 0.4) is 0 Å². The number of methoxy groups -OCH3 is 1. The van der Waals surface area contributed by atoms with Crippen molar-refractivity contribution in [2.45, 2.75) is 60.3 Å². The van der Waals surface area contributed by atoms with Crippen molar-refractivity contribution in [1.82, 2.24) is 73.9 Å². The lowest BCUT2D eigenvalue weighted by molar-refractivity contribution is 0.0358. The topological polar surface area (TPSA) is 244 Å². The number of hydrogen-bond acceptors (Lipinski definition) is 14. The highest BCUT2D eigenvalue weighted by Crippen LogP contribution is 2.36. The molecule has 0 spiro atoms. The Bertz CT molecular complexity index is 3010. The first-order valence-corrected chi connectivity index (χ1v) is 21.8. The second-order valence-corrected chi connectivity index (χ2v) is 15.7. The van der Waals surface area contributed by atoms with Crippen molar-refractivity contribution in [2.75, 3.05) is 57.2 Å². The molecule has 22 heteroatoms. The largest absolute Gasteiger partial charge is 0.494 e. The zero-order chi connectivity index (χ0) is 45.7. The standard InChI is InChI=1S/C44H51N17O5/c1-6-60-33(19-27(3)55-60)41(62)51-43-49-31-21-29(39-45-25-47-53-39)23-35(64-5)37(31)58(43)12-8-9-13-59-38-32(50-44(59)52-42(63)34-20-28(4)56-61(34)7-2)22-30(40-46-26-48-54-40)24-36(38)66-16-10-11-57-14-17-65-18-15-57/h8-9,19-26H,6-7,10-18H2,1-5H3,(H,45,47,53)(H,46,48,54)(H,49,51,62)(H,50,52,63)/b9-8+. The van der Waals surface area contributed by atoms with Gasteiger partial charge in [-0.25, -0.2) is 19.9 Å². The Hall–Kier alpha value is -7.72. The van der Waals surface area contributed by atoms with E-state index in [2.05, 4.69) is 56.1 Å². The van der Waals surface area contributed by atoms with Gasteiger partial charge in [0, 0.05) is 56.9 Å². The van der Waals surface area contributed by atoms with Crippen molar-refractivity contribution in [1.29, 1.82) is 0 Å². The number of fused-ring (bicyclic) bond motifs is 2. The summed E-state index contributed by atoms with van der Waals surface area (Å²) in [5.74, 6) is 2.05. The van der Waals surface area contributed by atoms with Crippen LogP contribution in [0.5, 0.6) is 11.5 Å². The molecule has 0 saturated carbocycles. The van der Waals surface area contributed by atoms with Crippen molar-refractivity contribution in [3.63, 3.8) is 0 Å². The molecule has 0 unspecified atom stereocenters. The van der Waals surface area contributed by atoms with Crippen molar-refractivity contribution in [3.05, 3.63) is 84.0 Å². The zero-order valence-corrected chi connectivity index (χ0v) is 37.4. The third-order valence-corrected chi connectivity index (χ3v) is 11.3. The molecule has 1 aliphatic heterocycles. The molecular formula is C44H51N17O5. The summed E-state index contributed by atoms with van der Waals surface area (Å²) in [5.41, 5.74) is 6.16. The van der Waals surface area contributed by atoms with Crippen molar-refractivity contribution < 1.29 is 23.8 Å². The third-order valence-electron chi connectivity index (χ3n) is 11.3. The maximum absolute atomic E-state index is 14.0. The fraction of sp³-hybridized carbons (Fsp3) is 0.364. The van der Waals surface area contributed by atoms with Gasteiger partial charge < -0.3 is 23.3 Å². The van der Waals surface area contributed by atoms with Crippen LogP contribution in [-0.2, 0) is 30.9 Å². The summed E-state index contributed by atoms with van der Waals surface area (Å²) in [4.78, 5) is 48.8. The molecule has 0 radical (unpaired) electrons. The average Bonchev–Trinajstić information content (AvgIpc) is 4.20. The summed E-state index contributed by atoms with van der Waals surface area (Å²) in [6.45, 7) is 13.6. The molecule has 1 saturated heterocycles. The molecule has 8 aromatic rings. The van der Waals surface area contributed by atoms with Crippen LogP contribution in [0.2, 0.25) is 0 Å². The van der Waals surface area contributed by atoms with E-state index < -0.39 is 0 Å². The molecule has 342 valence electrons. The number of aromatic amines is 2. The van der Waals surface area contributed by atoms with Gasteiger partial charge in [-0.2, -0.15) is 20.4 Å². The molecule has 0 atom stereocenters. The number of anilines is 2. The number of aryl methyl sites for hydroxylation is 4. The smallest absolute Gasteiger partial charge is 0.276 e. The molecule has 0 bridgehead atoms. The van der Waals surface area contributed by atoms with Gasteiger partial charge >= 0.3 is 0 Å². The molecule has 66 heavy (non-hydrogen) atoms. The predicted molar refractivity (Wildman–Crippen MR) is 244 cm³/mol. The number of ether oxygens (including phenoxy) is 3. The number of rotatable bonds is 18. The summed E-state index contributed by atoms with van der Waals surface area (Å²) in [5, 5.41) is 29.0. The SMILES string of the molecule is CCn1nc(C)cc1C(=O)Nc1nc2cc(-c3ncn[nH]3)cc(OC)c2n1C/C=C/Cn1c(NC(=O)c2cc(C)nn2CC)nc2cc(-c3ncn[nH]3)cc(OCCCN3CCOCC3)c21. The Labute approximate surface area is 378 Å². The first-order valence-electron chi connectivity index (χ1n) is 21.8. The van der Waals surface area contributed by atoms with Crippen molar-refractivity contribution in [2.24, 2.45) is 0 Å². The van der Waals surface area contributed by atoms with E-state index in [4.69, 9.17) is 24.2 Å². The first-order chi connectivity index (χ1) is 32.2. The van der Waals surface area contributed by atoms with Gasteiger partial charge in [-0.3, -0.25) is 44.7 Å². The molecule has 1 aliphatic rings. The summed E-state index contributed by atoms with van der Waals surface area (Å²) in [7, 11) is 1.58. The number of nitrogens with zero attached hydrogens (tertiary/aromatic N) is 13. The molecule has 7 heterocycles. The van der Waals surface area contributed by atoms with Crippen LogP contribution in [0.4, 0.5) is 11.9 Å². The number of allylic oxidation sites excluding steroid dienone is 2. The number of benzene rings is 2. The van der Waals surface area contributed by atoms with Crippen LogP contribution in [-0.4, -0.2) is 132 Å². The maximum atomic E-state index is 14.0. The molecule has 0 aliphatic carbocycles. The Morgan fingerprint density at radius 2 is 1.26 bits per heavy atom. The number of carbonyl (C=O) groups excluding carboxylic acids is 2. The predicted octanol–water partition coefficient (Wildman–Crippen LogP) is 4.88. The fourth-order valence-electron chi connectivity index (χ4n) is 8.16. The lowest BCUT2D eigenvalue weighted by atomic mass is 10.1. The van der Waals surface area contributed by atoms with Gasteiger partial charge in [-0.05, 0) is 70.5 Å². The summed E-state index contributed by atoms with van der Waals surface area (Å²) in [6, 6.07) is 11.0. The van der Waals surface area contributed by atoms with Crippen LogP contribution in [0.15, 0.2) is 61.2 Å². The highest BCUT2D eigenvalue weighted by molar-refractivity contribution is 6.04. The van der Waals surface area contributed by atoms with Gasteiger partial charge in [-0.1, -0.05) is 12.2 Å². The van der Waals surface area contributed by atoms with Crippen LogP contribution >= 0.6 is 0 Å². The molecule has 6 aromatic heterocycles. The van der Waals surface area contributed by atoms with Gasteiger partial charge in [0.05, 0.1) is 49.4 Å². The average molecular weight is 898 g/mol. The molecule has 4 N–H and O–H groups in total. The van der Waals surface area contributed by atoms with E-state index in [9.17, 15) is 9.59 Å². The zero-order valence-electron chi connectivity index (χ0n) is 37.4. The van der Waals surface area contributed by atoms with Crippen molar-refractivity contribution in [3.8, 4) is 34.3 Å². The first kappa shape index (κ1) is 43.5. The number of nitrogens with one attached hydrogen (secondary N) is 4. The number of carbonyl (C=O) groups is 2. The van der Waals surface area contributed by atoms with Gasteiger partial charge in [-0.15, -0.1) is 0 Å². The number of imidazole rings is 2. The van der Waals surface area contributed by atoms with E-state index in [1.165, 1.54) is 12.7 Å². The Morgan fingerprint density at radius 1 is 0.742 bits per heavy atom. The number of H-pyrrole nitrogens is 2. The molecular weight excluding hydrogens is 847 g/mol. The highest BCUT2D eigenvalue weighted by atomic mass is 16.5. The minimum Gasteiger partial charge on any atom is -0.494 e. The quantitative estimate of drug-likeness (QED) is 0.0663. The normalized spacial score (nSPS) is 13.3. The summed E-state index contributed by atoms with van der Waals surface area (Å²) >= 11 is 0. The second kappa shape index (κ2) is 19.2. The highest BCUT2D eigenvalue weighted by Gasteiger charge is 2.24. The minimum atomic E-state index is -0.362. The molecule has 2 amide bonds. The lowest BCUT2D eigenvalue weighted by Crippen LogP contribution is -2.37. The van der Waals surface area contributed by atoms with E-state index in [1.807, 2.05) is 73.2 Å². The van der Waals surface area contributed by atoms with E-state index in [0.29, 0.717) is 93.8 Å². The van der Waals surface area contributed by atoms with Gasteiger partial charge in [0.1, 0.15) is 46.6 Å². The number of amides is 2. The Balaban J connectivity index is 1.08. The van der Waals surface area contributed by atoms with E-state index in [-0.39, 0.29) is 24.9 Å². The third kappa shape index (κ3) is 8.99. The lowest BCUT2D eigenvalue weighted by Gasteiger charge is -2.26. The molecule has 1 fully saturated rings. The van der Waals surface area contributed by atoms with Crippen LogP contribution in [0.25, 0.3) is 44.8 Å². The van der Waals surface area contributed by atoms with E-state index in [1.54, 1.807) is 28.6 Å². The maximum Gasteiger partial charge on any atom is 0.276 e. The van der Waals surface area contributed by atoms with Gasteiger partial charge in [0.25, 0.3) is 11.8 Å². The number of aromatic nitrogens is 14. The van der Waals surface area contributed by atoms with E-state index >= 15 is 0 Å². The monoisotopic (exact) mass is 897 g/mol. The Morgan fingerprint density at radius 3 is 1.74 bits per heavy atom.